The number of morpholine rings is 1. The van der Waals surface area contributed by atoms with Crippen LogP contribution < -0.4 is 15.5 Å². The van der Waals surface area contributed by atoms with Crippen molar-refractivity contribution in [3.05, 3.63) is 54.1 Å². The van der Waals surface area contributed by atoms with Crippen LogP contribution in [0.15, 0.2) is 48.5 Å². The molecule has 2 aromatic carbocycles. The molecule has 0 aromatic heterocycles. The molecule has 3 amide bonds. The maximum absolute atomic E-state index is 12.4. The van der Waals surface area contributed by atoms with Gasteiger partial charge in [-0.25, -0.2) is 0 Å². The van der Waals surface area contributed by atoms with E-state index in [9.17, 15) is 14.4 Å². The Kier molecular flexibility index (Phi) is 5.28. The monoisotopic (exact) mass is 353 g/mol. The van der Waals surface area contributed by atoms with Crippen molar-refractivity contribution in [2.75, 3.05) is 35.3 Å². The molecule has 1 aliphatic rings. The van der Waals surface area contributed by atoms with Crippen LogP contribution in [0.3, 0.4) is 0 Å². The molecular formula is C19H19N3O4. The Morgan fingerprint density at radius 3 is 2.50 bits per heavy atom. The summed E-state index contributed by atoms with van der Waals surface area (Å²) in [6, 6.07) is 13.7. The number of ether oxygens (including phenoxy) is 1. The lowest BCUT2D eigenvalue weighted by Crippen LogP contribution is -2.41. The van der Waals surface area contributed by atoms with E-state index in [2.05, 4.69) is 10.6 Å². The highest BCUT2D eigenvalue weighted by Gasteiger charge is 2.20. The molecular weight excluding hydrogens is 334 g/mol. The number of nitrogens with one attached hydrogen (secondary N) is 2. The van der Waals surface area contributed by atoms with Gasteiger partial charge in [0.15, 0.2) is 0 Å². The third-order valence-corrected chi connectivity index (χ3v) is 3.87. The third kappa shape index (κ3) is 4.25. The van der Waals surface area contributed by atoms with E-state index in [0.29, 0.717) is 30.1 Å². The standard InChI is InChI=1S/C19H19N3O4/c1-13(23)20-16-4-2-3-14(11-16)19(25)21-15-5-7-17(8-6-15)22-9-10-26-12-18(22)24/h2-8,11H,9-10,12H2,1H3,(H,20,23)(H,21,25). The molecule has 1 fully saturated rings. The van der Waals surface area contributed by atoms with Crippen molar-refractivity contribution >= 4 is 34.8 Å². The first-order chi connectivity index (χ1) is 12.5. The fourth-order valence-electron chi connectivity index (χ4n) is 2.66. The molecule has 0 bridgehead atoms. The van der Waals surface area contributed by atoms with Crippen LogP contribution in [0.5, 0.6) is 0 Å². The molecule has 134 valence electrons. The quantitative estimate of drug-likeness (QED) is 0.883. The topological polar surface area (TPSA) is 87.7 Å². The van der Waals surface area contributed by atoms with Gasteiger partial charge in [-0.1, -0.05) is 6.07 Å². The molecule has 3 rings (SSSR count). The predicted molar refractivity (Wildman–Crippen MR) is 98.3 cm³/mol. The van der Waals surface area contributed by atoms with Gasteiger partial charge in [-0.05, 0) is 42.5 Å². The largest absolute Gasteiger partial charge is 0.370 e. The summed E-state index contributed by atoms with van der Waals surface area (Å²) < 4.78 is 5.12. The van der Waals surface area contributed by atoms with Crippen LogP contribution in [0.2, 0.25) is 0 Å². The number of benzene rings is 2. The summed E-state index contributed by atoms with van der Waals surface area (Å²) in [6.07, 6.45) is 0. The summed E-state index contributed by atoms with van der Waals surface area (Å²) in [5.74, 6) is -0.564. The number of hydrogen-bond donors (Lipinski definition) is 2. The Hall–Kier alpha value is -3.19. The van der Waals surface area contributed by atoms with Crippen molar-refractivity contribution < 1.29 is 19.1 Å². The van der Waals surface area contributed by atoms with E-state index >= 15 is 0 Å². The lowest BCUT2D eigenvalue weighted by Gasteiger charge is -2.26. The molecule has 7 heteroatoms. The lowest BCUT2D eigenvalue weighted by molar-refractivity contribution is -0.125. The molecule has 1 aliphatic heterocycles. The molecule has 1 saturated heterocycles. The maximum atomic E-state index is 12.4. The number of carbonyl (C=O) groups is 3. The van der Waals surface area contributed by atoms with Gasteiger partial charge in [0.05, 0.1) is 6.61 Å². The molecule has 26 heavy (non-hydrogen) atoms. The molecule has 1 heterocycles. The van der Waals surface area contributed by atoms with Crippen LogP contribution >= 0.6 is 0 Å². The van der Waals surface area contributed by atoms with Crippen molar-refractivity contribution in [2.24, 2.45) is 0 Å². The molecule has 0 atom stereocenters. The van der Waals surface area contributed by atoms with E-state index in [0.717, 1.165) is 5.69 Å². The Labute approximate surface area is 150 Å². The number of anilines is 3. The lowest BCUT2D eigenvalue weighted by atomic mass is 10.1. The summed E-state index contributed by atoms with van der Waals surface area (Å²) in [5.41, 5.74) is 2.38. The smallest absolute Gasteiger partial charge is 0.255 e. The molecule has 0 unspecified atom stereocenters. The van der Waals surface area contributed by atoms with Gasteiger partial charge < -0.3 is 20.3 Å². The summed E-state index contributed by atoms with van der Waals surface area (Å²) in [4.78, 5) is 37.0. The van der Waals surface area contributed by atoms with Crippen LogP contribution in [0.25, 0.3) is 0 Å². The SMILES string of the molecule is CC(=O)Nc1cccc(C(=O)Nc2ccc(N3CCOCC3=O)cc2)c1. The number of carbonyl (C=O) groups excluding carboxylic acids is 3. The molecule has 0 radical (unpaired) electrons. The fraction of sp³-hybridized carbons (Fsp3) is 0.211. The van der Waals surface area contributed by atoms with Crippen molar-refractivity contribution in [1.29, 1.82) is 0 Å². The predicted octanol–water partition coefficient (Wildman–Crippen LogP) is 2.26. The molecule has 2 aromatic rings. The van der Waals surface area contributed by atoms with E-state index in [4.69, 9.17) is 4.74 Å². The van der Waals surface area contributed by atoms with Crippen LogP contribution in [0.1, 0.15) is 17.3 Å². The molecule has 0 spiro atoms. The first kappa shape index (κ1) is 17.6. The molecule has 7 nitrogen and oxygen atoms in total. The highest BCUT2D eigenvalue weighted by Crippen LogP contribution is 2.20. The van der Waals surface area contributed by atoms with E-state index in [1.165, 1.54) is 6.92 Å². The average molecular weight is 353 g/mol. The second-order valence-corrected chi connectivity index (χ2v) is 5.86. The zero-order valence-electron chi connectivity index (χ0n) is 14.3. The van der Waals surface area contributed by atoms with Gasteiger partial charge in [-0.2, -0.15) is 0 Å². The summed E-state index contributed by atoms with van der Waals surface area (Å²) >= 11 is 0. The highest BCUT2D eigenvalue weighted by atomic mass is 16.5. The second-order valence-electron chi connectivity index (χ2n) is 5.86. The van der Waals surface area contributed by atoms with Gasteiger partial charge >= 0.3 is 0 Å². The van der Waals surface area contributed by atoms with Crippen molar-refractivity contribution in [2.45, 2.75) is 6.92 Å². The Balaban J connectivity index is 1.68. The van der Waals surface area contributed by atoms with E-state index in [1.54, 1.807) is 53.4 Å². The highest BCUT2D eigenvalue weighted by molar-refractivity contribution is 6.05. The molecule has 0 aliphatic carbocycles. The van der Waals surface area contributed by atoms with Crippen molar-refractivity contribution in [1.82, 2.24) is 0 Å². The third-order valence-electron chi connectivity index (χ3n) is 3.87. The molecule has 2 N–H and O–H groups in total. The maximum Gasteiger partial charge on any atom is 0.255 e. The van der Waals surface area contributed by atoms with Gasteiger partial charge in [-0.15, -0.1) is 0 Å². The minimum Gasteiger partial charge on any atom is -0.370 e. The van der Waals surface area contributed by atoms with E-state index in [-0.39, 0.29) is 24.3 Å². The van der Waals surface area contributed by atoms with Crippen LogP contribution in [-0.2, 0) is 14.3 Å². The van der Waals surface area contributed by atoms with Crippen LogP contribution in [-0.4, -0.2) is 37.5 Å². The van der Waals surface area contributed by atoms with Gasteiger partial charge in [0.1, 0.15) is 6.61 Å². The minimum atomic E-state index is -0.285. The van der Waals surface area contributed by atoms with Gasteiger partial charge in [-0.3, -0.25) is 14.4 Å². The van der Waals surface area contributed by atoms with E-state index in [1.807, 2.05) is 0 Å². The number of nitrogens with zero attached hydrogens (tertiary/aromatic N) is 1. The van der Waals surface area contributed by atoms with Gasteiger partial charge in [0.2, 0.25) is 5.91 Å². The van der Waals surface area contributed by atoms with Gasteiger partial charge in [0, 0.05) is 36.1 Å². The Morgan fingerprint density at radius 1 is 1.04 bits per heavy atom. The average Bonchev–Trinajstić information content (AvgIpc) is 2.62. The second kappa shape index (κ2) is 7.79. The summed E-state index contributed by atoms with van der Waals surface area (Å²) in [6.45, 7) is 2.52. The van der Waals surface area contributed by atoms with Crippen LogP contribution in [0, 0.1) is 0 Å². The zero-order chi connectivity index (χ0) is 18.5. The Bertz CT molecular complexity index is 833. The first-order valence-corrected chi connectivity index (χ1v) is 8.20. The van der Waals surface area contributed by atoms with Crippen molar-refractivity contribution in [3.63, 3.8) is 0 Å². The number of rotatable bonds is 4. The zero-order valence-corrected chi connectivity index (χ0v) is 14.3. The number of amides is 3. The first-order valence-electron chi connectivity index (χ1n) is 8.20. The normalized spacial score (nSPS) is 14.0. The molecule has 0 saturated carbocycles. The van der Waals surface area contributed by atoms with Crippen LogP contribution in [0.4, 0.5) is 17.1 Å². The van der Waals surface area contributed by atoms with Gasteiger partial charge in [0.25, 0.3) is 11.8 Å². The van der Waals surface area contributed by atoms with Crippen molar-refractivity contribution in [3.8, 4) is 0 Å². The Morgan fingerprint density at radius 2 is 1.81 bits per heavy atom. The van der Waals surface area contributed by atoms with E-state index < -0.39 is 0 Å². The summed E-state index contributed by atoms with van der Waals surface area (Å²) in [5, 5.41) is 5.45. The summed E-state index contributed by atoms with van der Waals surface area (Å²) in [7, 11) is 0. The fourth-order valence-corrected chi connectivity index (χ4v) is 2.66. The number of hydrogen-bond acceptors (Lipinski definition) is 4. The minimum absolute atomic E-state index is 0.0807.